The first-order valence-corrected chi connectivity index (χ1v) is 3.18. The van der Waals surface area contributed by atoms with Gasteiger partial charge in [0.25, 0.3) is 0 Å². The second kappa shape index (κ2) is 7.68. The van der Waals surface area contributed by atoms with Crippen LogP contribution in [0.3, 0.4) is 0 Å². The van der Waals surface area contributed by atoms with Crippen LogP contribution in [0.25, 0.3) is 0 Å². The molecule has 0 atom stereocenters. The largest absolute Gasteiger partial charge is 0.396 e. The van der Waals surface area contributed by atoms with Gasteiger partial charge in [-0.2, -0.15) is 0 Å². The minimum absolute atomic E-state index is 0.406. The third kappa shape index (κ3) is 4.10. The van der Waals surface area contributed by atoms with Crippen molar-refractivity contribution < 1.29 is 20.4 Å². The van der Waals surface area contributed by atoms with Gasteiger partial charge in [-0.05, 0) is 0 Å². The molecule has 0 bridgehead atoms. The molecule has 0 heterocycles. The van der Waals surface area contributed by atoms with E-state index in [-0.39, 0.29) is 0 Å². The maximum atomic E-state index is 8.50. The van der Waals surface area contributed by atoms with Gasteiger partial charge < -0.3 is 20.4 Å². The van der Waals surface area contributed by atoms with Crippen LogP contribution in [-0.4, -0.2) is 46.9 Å². The highest BCUT2D eigenvalue weighted by molar-refractivity contribution is 4.74. The van der Waals surface area contributed by atoms with Crippen LogP contribution in [0.5, 0.6) is 0 Å². The molecule has 0 fully saturated rings. The average molecular weight is 164 g/mol. The van der Waals surface area contributed by atoms with E-state index >= 15 is 0 Å². The summed E-state index contributed by atoms with van der Waals surface area (Å²) in [6.07, 6.45) is 0. The third-order valence-electron chi connectivity index (χ3n) is 1.34. The zero-order valence-electron chi connectivity index (χ0n) is 6.53. The van der Waals surface area contributed by atoms with Crippen molar-refractivity contribution in [2.24, 2.45) is 5.41 Å². The Morgan fingerprint density at radius 1 is 0.727 bits per heavy atom. The van der Waals surface area contributed by atoms with Crippen molar-refractivity contribution in [3.8, 4) is 0 Å². The molecule has 4 heteroatoms. The zero-order chi connectivity index (χ0) is 9.33. The molecule has 11 heavy (non-hydrogen) atoms. The standard InChI is InChI=1S/C5H12O4.C2H4/c6-1-5(2-7,3-8)4-9;1-2/h6-9H,1-4H2;1-2H2. The first kappa shape index (κ1) is 13.2. The van der Waals surface area contributed by atoms with E-state index in [4.69, 9.17) is 20.4 Å². The van der Waals surface area contributed by atoms with Crippen LogP contribution >= 0.6 is 0 Å². The molecule has 4 nitrogen and oxygen atoms in total. The van der Waals surface area contributed by atoms with E-state index in [2.05, 4.69) is 13.2 Å². The quantitative estimate of drug-likeness (QED) is 0.391. The van der Waals surface area contributed by atoms with Crippen LogP contribution in [0.15, 0.2) is 13.2 Å². The van der Waals surface area contributed by atoms with Crippen LogP contribution in [-0.2, 0) is 0 Å². The third-order valence-corrected chi connectivity index (χ3v) is 1.34. The Kier molecular flexibility index (Phi) is 9.21. The van der Waals surface area contributed by atoms with E-state index in [1.54, 1.807) is 0 Å². The van der Waals surface area contributed by atoms with Crippen LogP contribution in [0.4, 0.5) is 0 Å². The Bertz CT molecular complexity index is 63.0. The van der Waals surface area contributed by atoms with Gasteiger partial charge in [0.1, 0.15) is 0 Å². The highest BCUT2D eigenvalue weighted by Crippen LogP contribution is 2.11. The lowest BCUT2D eigenvalue weighted by molar-refractivity contribution is -0.0328. The van der Waals surface area contributed by atoms with Crippen molar-refractivity contribution in [3.63, 3.8) is 0 Å². The fourth-order valence-corrected chi connectivity index (χ4v) is 0.300. The van der Waals surface area contributed by atoms with E-state index in [9.17, 15) is 0 Å². The predicted octanol–water partition coefficient (Wildman–Crippen LogP) is -1.26. The smallest absolute Gasteiger partial charge is 0.0627 e. The van der Waals surface area contributed by atoms with Crippen molar-refractivity contribution in [3.05, 3.63) is 13.2 Å². The normalized spacial score (nSPS) is 10.2. The number of rotatable bonds is 4. The van der Waals surface area contributed by atoms with E-state index in [1.165, 1.54) is 0 Å². The first-order valence-electron chi connectivity index (χ1n) is 3.18. The number of aliphatic hydroxyl groups excluding tert-OH is 4. The molecular formula is C7H16O4. The van der Waals surface area contributed by atoms with Gasteiger partial charge >= 0.3 is 0 Å². The molecule has 4 N–H and O–H groups in total. The van der Waals surface area contributed by atoms with Crippen molar-refractivity contribution in [2.75, 3.05) is 26.4 Å². The van der Waals surface area contributed by atoms with Gasteiger partial charge in [-0.25, -0.2) is 0 Å². The Morgan fingerprint density at radius 3 is 0.909 bits per heavy atom. The lowest BCUT2D eigenvalue weighted by atomic mass is 9.93. The molecule has 0 saturated carbocycles. The number of hydrogen-bond donors (Lipinski definition) is 4. The summed E-state index contributed by atoms with van der Waals surface area (Å²) in [5.74, 6) is 0. The molecule has 0 aromatic rings. The average Bonchev–Trinajstić information content (AvgIpc) is 2.13. The van der Waals surface area contributed by atoms with Gasteiger partial charge in [0.15, 0.2) is 0 Å². The van der Waals surface area contributed by atoms with Gasteiger partial charge in [0, 0.05) is 0 Å². The lowest BCUT2D eigenvalue weighted by Gasteiger charge is -2.23. The predicted molar refractivity (Wildman–Crippen MR) is 42.0 cm³/mol. The monoisotopic (exact) mass is 164 g/mol. The fourth-order valence-electron chi connectivity index (χ4n) is 0.300. The van der Waals surface area contributed by atoms with Crippen LogP contribution in [0.2, 0.25) is 0 Å². The van der Waals surface area contributed by atoms with Crippen LogP contribution < -0.4 is 0 Å². The molecule has 68 valence electrons. The maximum absolute atomic E-state index is 8.50. The van der Waals surface area contributed by atoms with Crippen molar-refractivity contribution in [2.45, 2.75) is 0 Å². The Morgan fingerprint density at radius 2 is 0.909 bits per heavy atom. The van der Waals surface area contributed by atoms with Gasteiger partial charge in [-0.15, -0.1) is 13.2 Å². The Hall–Kier alpha value is -0.420. The number of hydrogen-bond acceptors (Lipinski definition) is 4. The topological polar surface area (TPSA) is 80.9 Å². The summed E-state index contributed by atoms with van der Waals surface area (Å²) < 4.78 is 0. The Balaban J connectivity index is 0. The number of aliphatic hydroxyl groups is 4. The van der Waals surface area contributed by atoms with Crippen molar-refractivity contribution in [1.82, 2.24) is 0 Å². The summed E-state index contributed by atoms with van der Waals surface area (Å²) in [4.78, 5) is 0. The summed E-state index contributed by atoms with van der Waals surface area (Å²) in [6.45, 7) is 4.38. The highest BCUT2D eigenvalue weighted by Gasteiger charge is 2.26. The van der Waals surface area contributed by atoms with Gasteiger partial charge in [-0.3, -0.25) is 0 Å². The van der Waals surface area contributed by atoms with E-state index < -0.39 is 31.8 Å². The van der Waals surface area contributed by atoms with Crippen molar-refractivity contribution >= 4 is 0 Å². The summed E-state index contributed by atoms with van der Waals surface area (Å²) in [7, 11) is 0. The summed E-state index contributed by atoms with van der Waals surface area (Å²) in [6, 6.07) is 0. The van der Waals surface area contributed by atoms with E-state index in [0.717, 1.165) is 0 Å². The summed E-state index contributed by atoms with van der Waals surface area (Å²) >= 11 is 0. The van der Waals surface area contributed by atoms with E-state index in [0.29, 0.717) is 0 Å². The molecule has 0 aliphatic carbocycles. The summed E-state index contributed by atoms with van der Waals surface area (Å²) in [5, 5.41) is 34.0. The van der Waals surface area contributed by atoms with Gasteiger partial charge in [0.2, 0.25) is 0 Å². The Labute approximate surface area is 66.4 Å². The molecular weight excluding hydrogens is 148 g/mol. The lowest BCUT2D eigenvalue weighted by Crippen LogP contribution is -2.37. The first-order chi connectivity index (χ1) is 5.24. The molecule has 0 aliphatic rings. The maximum Gasteiger partial charge on any atom is 0.0627 e. The fraction of sp³-hybridized carbons (Fsp3) is 0.714. The minimum atomic E-state index is -1.11. The molecule has 0 rings (SSSR count). The molecule has 0 aliphatic heterocycles. The highest BCUT2D eigenvalue weighted by atomic mass is 16.3. The SMILES string of the molecule is C=C.OCC(CO)(CO)CO. The van der Waals surface area contributed by atoms with Gasteiger partial charge in [-0.1, -0.05) is 0 Å². The summed E-state index contributed by atoms with van der Waals surface area (Å²) in [5.41, 5.74) is -1.11. The van der Waals surface area contributed by atoms with E-state index in [1.807, 2.05) is 0 Å². The van der Waals surface area contributed by atoms with Crippen molar-refractivity contribution in [1.29, 1.82) is 0 Å². The molecule has 0 spiro atoms. The second-order valence-corrected chi connectivity index (χ2v) is 2.13. The second-order valence-electron chi connectivity index (χ2n) is 2.13. The van der Waals surface area contributed by atoms with Gasteiger partial charge in [0.05, 0.1) is 31.8 Å². The molecule has 0 unspecified atom stereocenters. The van der Waals surface area contributed by atoms with Crippen LogP contribution in [0.1, 0.15) is 0 Å². The minimum Gasteiger partial charge on any atom is -0.396 e. The zero-order valence-corrected chi connectivity index (χ0v) is 6.53. The molecule has 0 aromatic carbocycles. The van der Waals surface area contributed by atoms with Crippen LogP contribution in [0, 0.1) is 5.41 Å². The molecule has 0 saturated heterocycles. The molecule has 0 radical (unpaired) electrons. The molecule has 0 aromatic heterocycles. The molecule has 0 amide bonds.